The van der Waals surface area contributed by atoms with E-state index in [-0.39, 0.29) is 6.61 Å². The van der Waals surface area contributed by atoms with Crippen LogP contribution >= 0.6 is 0 Å². The highest BCUT2D eigenvalue weighted by atomic mass is 16.6. The van der Waals surface area contributed by atoms with Gasteiger partial charge in [-0.25, -0.2) is 4.79 Å². The molecule has 0 bridgehead atoms. The Morgan fingerprint density at radius 1 is 1.70 bits per heavy atom. The first-order chi connectivity index (χ1) is 4.66. The minimum atomic E-state index is -1.50. The van der Waals surface area contributed by atoms with Crippen LogP contribution in [0.15, 0.2) is 0 Å². The molecular formula is C5H8O5. The van der Waals surface area contributed by atoms with Crippen LogP contribution in [0.3, 0.4) is 0 Å². The van der Waals surface area contributed by atoms with E-state index in [2.05, 4.69) is 4.74 Å². The van der Waals surface area contributed by atoms with Gasteiger partial charge in [0.15, 0.2) is 6.10 Å². The van der Waals surface area contributed by atoms with Crippen LogP contribution in [0, 0.1) is 0 Å². The van der Waals surface area contributed by atoms with Crippen LogP contribution in [0.25, 0.3) is 0 Å². The van der Waals surface area contributed by atoms with Crippen LogP contribution in [0.4, 0.5) is 0 Å². The van der Waals surface area contributed by atoms with Gasteiger partial charge in [0.1, 0.15) is 12.2 Å². The molecule has 0 saturated carbocycles. The van der Waals surface area contributed by atoms with Crippen LogP contribution in [0.1, 0.15) is 0 Å². The van der Waals surface area contributed by atoms with Crippen molar-refractivity contribution >= 4 is 5.97 Å². The Balaban J connectivity index is 2.32. The molecule has 1 saturated heterocycles. The summed E-state index contributed by atoms with van der Waals surface area (Å²) < 4.78 is 4.61. The monoisotopic (exact) mass is 148 g/mol. The second kappa shape index (κ2) is 2.53. The molecule has 5 heteroatoms. The quantitative estimate of drug-likeness (QED) is 0.410. The number of aliphatic carboxylic acids is 1. The highest BCUT2D eigenvalue weighted by Gasteiger charge is 2.46. The number of carboxylic acids is 1. The van der Waals surface area contributed by atoms with Crippen molar-refractivity contribution in [2.75, 3.05) is 6.61 Å². The molecule has 1 aliphatic heterocycles. The number of aliphatic hydroxyl groups excluding tert-OH is 2. The van der Waals surface area contributed by atoms with E-state index >= 15 is 0 Å². The standard InChI is InChI=1S/C5H8O5/c6-1-2-4(10-2)3(7)5(8)9/h2-4,6-7H,1H2,(H,8,9)/t2-,3+,4+/m0/s1. The predicted molar refractivity (Wildman–Crippen MR) is 29.4 cm³/mol. The second-order valence-electron chi connectivity index (χ2n) is 2.10. The van der Waals surface area contributed by atoms with Gasteiger partial charge in [0.2, 0.25) is 0 Å². The number of carboxylic acid groups (broad SMARTS) is 1. The fourth-order valence-corrected chi connectivity index (χ4v) is 0.722. The van der Waals surface area contributed by atoms with E-state index in [0.29, 0.717) is 0 Å². The highest BCUT2D eigenvalue weighted by molar-refractivity contribution is 5.73. The maximum absolute atomic E-state index is 10.0. The smallest absolute Gasteiger partial charge is 0.335 e. The third-order valence-corrected chi connectivity index (χ3v) is 1.37. The minimum absolute atomic E-state index is 0.241. The normalized spacial score (nSPS) is 33.4. The lowest BCUT2D eigenvalue weighted by Crippen LogP contribution is -2.27. The van der Waals surface area contributed by atoms with Gasteiger partial charge in [-0.2, -0.15) is 0 Å². The molecule has 1 rings (SSSR count). The average Bonchev–Trinajstić information content (AvgIpc) is 2.64. The number of hydrogen-bond donors (Lipinski definition) is 3. The minimum Gasteiger partial charge on any atom is -0.479 e. The average molecular weight is 148 g/mol. The van der Waals surface area contributed by atoms with Gasteiger partial charge < -0.3 is 20.1 Å². The van der Waals surface area contributed by atoms with Crippen molar-refractivity contribution in [1.82, 2.24) is 0 Å². The van der Waals surface area contributed by atoms with Gasteiger partial charge in [-0.05, 0) is 0 Å². The van der Waals surface area contributed by atoms with E-state index in [0.717, 1.165) is 0 Å². The van der Waals surface area contributed by atoms with Gasteiger partial charge in [0.05, 0.1) is 6.61 Å². The number of rotatable bonds is 3. The number of aliphatic hydroxyl groups is 2. The maximum atomic E-state index is 10.0. The van der Waals surface area contributed by atoms with Crippen molar-refractivity contribution in [3.8, 4) is 0 Å². The first-order valence-electron chi connectivity index (χ1n) is 2.84. The van der Waals surface area contributed by atoms with Gasteiger partial charge in [-0.3, -0.25) is 0 Å². The SMILES string of the molecule is O=C(O)[C@H](O)[C@@H]1O[C@H]1CO. The number of epoxide rings is 1. The van der Waals surface area contributed by atoms with Crippen molar-refractivity contribution in [2.45, 2.75) is 18.3 Å². The van der Waals surface area contributed by atoms with Gasteiger partial charge in [0.25, 0.3) is 0 Å². The van der Waals surface area contributed by atoms with Crippen molar-refractivity contribution in [1.29, 1.82) is 0 Å². The summed E-state index contributed by atoms with van der Waals surface area (Å²) in [6.07, 6.45) is -2.72. The molecule has 0 radical (unpaired) electrons. The summed E-state index contributed by atoms with van der Waals surface area (Å²) in [6, 6.07) is 0. The van der Waals surface area contributed by atoms with E-state index in [4.69, 9.17) is 15.3 Å². The molecule has 10 heavy (non-hydrogen) atoms. The Morgan fingerprint density at radius 2 is 2.30 bits per heavy atom. The summed E-state index contributed by atoms with van der Waals surface area (Å²) in [5, 5.41) is 25.3. The third kappa shape index (κ3) is 1.26. The molecule has 0 aromatic rings. The van der Waals surface area contributed by atoms with Crippen molar-refractivity contribution < 1.29 is 24.9 Å². The zero-order chi connectivity index (χ0) is 7.72. The van der Waals surface area contributed by atoms with E-state index < -0.39 is 24.3 Å². The lowest BCUT2D eigenvalue weighted by molar-refractivity contribution is -0.147. The molecule has 3 N–H and O–H groups in total. The second-order valence-corrected chi connectivity index (χ2v) is 2.10. The third-order valence-electron chi connectivity index (χ3n) is 1.37. The molecule has 3 atom stereocenters. The molecule has 0 aromatic heterocycles. The van der Waals surface area contributed by atoms with Crippen molar-refractivity contribution in [2.24, 2.45) is 0 Å². The van der Waals surface area contributed by atoms with Crippen molar-refractivity contribution in [3.63, 3.8) is 0 Å². The van der Waals surface area contributed by atoms with E-state index in [1.807, 2.05) is 0 Å². The molecule has 1 heterocycles. The lowest BCUT2D eigenvalue weighted by Gasteiger charge is -1.97. The summed E-state index contributed by atoms with van der Waals surface area (Å²) in [6.45, 7) is -0.241. The summed E-state index contributed by atoms with van der Waals surface area (Å²) in [5.74, 6) is -1.32. The molecule has 0 aromatic carbocycles. The van der Waals surface area contributed by atoms with Gasteiger partial charge in [0, 0.05) is 0 Å². The molecule has 0 spiro atoms. The van der Waals surface area contributed by atoms with Crippen LogP contribution in [-0.4, -0.2) is 46.2 Å². The Kier molecular flexibility index (Phi) is 1.89. The molecule has 1 aliphatic rings. The fraction of sp³-hybridized carbons (Fsp3) is 0.800. The van der Waals surface area contributed by atoms with E-state index in [1.165, 1.54) is 0 Å². The molecule has 5 nitrogen and oxygen atoms in total. The summed E-state index contributed by atoms with van der Waals surface area (Å²) >= 11 is 0. The zero-order valence-corrected chi connectivity index (χ0v) is 5.10. The van der Waals surface area contributed by atoms with Gasteiger partial charge in [-0.15, -0.1) is 0 Å². The summed E-state index contributed by atoms with van der Waals surface area (Å²) in [7, 11) is 0. The first kappa shape index (κ1) is 7.46. The molecule has 0 unspecified atom stereocenters. The fourth-order valence-electron chi connectivity index (χ4n) is 0.722. The molecule has 58 valence electrons. The van der Waals surface area contributed by atoms with Crippen LogP contribution in [0.2, 0.25) is 0 Å². The van der Waals surface area contributed by atoms with Crippen LogP contribution < -0.4 is 0 Å². The largest absolute Gasteiger partial charge is 0.479 e. The number of ether oxygens (including phenoxy) is 1. The van der Waals surface area contributed by atoms with Crippen LogP contribution in [0.5, 0.6) is 0 Å². The molecule has 1 fully saturated rings. The topological polar surface area (TPSA) is 90.3 Å². The zero-order valence-electron chi connectivity index (χ0n) is 5.10. The van der Waals surface area contributed by atoms with E-state index in [9.17, 15) is 4.79 Å². The Labute approximate surface area is 56.9 Å². The maximum Gasteiger partial charge on any atom is 0.335 e. The Bertz CT molecular complexity index is 145. The van der Waals surface area contributed by atoms with Gasteiger partial charge in [-0.1, -0.05) is 0 Å². The number of carbonyl (C=O) groups is 1. The van der Waals surface area contributed by atoms with E-state index in [1.54, 1.807) is 0 Å². The first-order valence-corrected chi connectivity index (χ1v) is 2.84. The highest BCUT2D eigenvalue weighted by Crippen LogP contribution is 2.24. The number of hydrogen-bond acceptors (Lipinski definition) is 4. The molecular weight excluding hydrogens is 140 g/mol. The molecule has 0 aliphatic carbocycles. The Hall–Kier alpha value is -0.650. The van der Waals surface area contributed by atoms with Crippen LogP contribution in [-0.2, 0) is 9.53 Å². The molecule has 0 amide bonds. The van der Waals surface area contributed by atoms with Gasteiger partial charge >= 0.3 is 5.97 Å². The van der Waals surface area contributed by atoms with Crippen molar-refractivity contribution in [3.05, 3.63) is 0 Å². The Morgan fingerprint density at radius 3 is 2.60 bits per heavy atom. The lowest BCUT2D eigenvalue weighted by atomic mass is 10.2. The predicted octanol–water partition coefficient (Wildman–Crippen LogP) is -1.81. The summed E-state index contributed by atoms with van der Waals surface area (Å²) in [5.41, 5.74) is 0. The summed E-state index contributed by atoms with van der Waals surface area (Å²) in [4.78, 5) is 10.0.